The van der Waals surface area contributed by atoms with Crippen LogP contribution in [0.15, 0.2) is 0 Å². The molecule has 1 heterocycles. The fourth-order valence-corrected chi connectivity index (χ4v) is 2.67. The number of nitrogens with one attached hydrogen (secondary N) is 2. The molecule has 1 saturated heterocycles. The molecular formula is C11H19N3O2S. The van der Waals surface area contributed by atoms with Crippen LogP contribution in [-0.2, 0) is 4.79 Å². The number of nitrogens with zero attached hydrogens (tertiary/aromatic N) is 1. The summed E-state index contributed by atoms with van der Waals surface area (Å²) in [5.74, 6) is 2.01. The number of hydrogen-bond acceptors (Lipinski definition) is 3. The Morgan fingerprint density at radius 3 is 2.53 bits per heavy atom. The Kier molecular flexibility index (Phi) is 4.15. The van der Waals surface area contributed by atoms with Crippen molar-refractivity contribution in [1.29, 1.82) is 0 Å². The Labute approximate surface area is 106 Å². The molecule has 2 N–H and O–H groups in total. The average Bonchev–Trinajstić information content (AvgIpc) is 3.12. The van der Waals surface area contributed by atoms with E-state index in [-0.39, 0.29) is 11.9 Å². The summed E-state index contributed by atoms with van der Waals surface area (Å²) in [5, 5.41) is 5.52. The third kappa shape index (κ3) is 3.80. The average molecular weight is 257 g/mol. The van der Waals surface area contributed by atoms with Crippen molar-refractivity contribution in [3.8, 4) is 0 Å². The maximum absolute atomic E-state index is 12.0. The molecule has 2 rings (SSSR count). The van der Waals surface area contributed by atoms with Crippen molar-refractivity contribution in [2.45, 2.75) is 31.8 Å². The summed E-state index contributed by atoms with van der Waals surface area (Å²) in [5.41, 5.74) is 0. The molecule has 0 aromatic rings. The van der Waals surface area contributed by atoms with Crippen LogP contribution in [0.25, 0.3) is 0 Å². The maximum Gasteiger partial charge on any atom is 0.315 e. The number of rotatable bonds is 3. The van der Waals surface area contributed by atoms with Crippen molar-refractivity contribution in [2.75, 3.05) is 24.6 Å². The van der Waals surface area contributed by atoms with E-state index in [2.05, 4.69) is 10.6 Å². The zero-order chi connectivity index (χ0) is 12.3. The second-order valence-electron chi connectivity index (χ2n) is 4.55. The first-order chi connectivity index (χ1) is 8.16. The highest BCUT2D eigenvalue weighted by atomic mass is 32.2. The molecule has 0 spiro atoms. The minimum atomic E-state index is -0.433. The Balaban J connectivity index is 1.74. The van der Waals surface area contributed by atoms with Gasteiger partial charge in [-0.2, -0.15) is 11.8 Å². The quantitative estimate of drug-likeness (QED) is 0.770. The van der Waals surface area contributed by atoms with E-state index in [1.54, 1.807) is 6.92 Å². The highest BCUT2D eigenvalue weighted by molar-refractivity contribution is 7.99. The fourth-order valence-electron chi connectivity index (χ4n) is 1.77. The van der Waals surface area contributed by atoms with E-state index in [9.17, 15) is 9.59 Å². The van der Waals surface area contributed by atoms with Crippen molar-refractivity contribution in [3.63, 3.8) is 0 Å². The molecule has 2 aliphatic rings. The highest BCUT2D eigenvalue weighted by Gasteiger charge is 2.26. The smallest absolute Gasteiger partial charge is 0.315 e. The minimum absolute atomic E-state index is 0.0243. The molecule has 0 aromatic carbocycles. The van der Waals surface area contributed by atoms with Gasteiger partial charge in [-0.05, 0) is 19.8 Å². The van der Waals surface area contributed by atoms with Gasteiger partial charge in [-0.3, -0.25) is 4.79 Å². The van der Waals surface area contributed by atoms with Crippen molar-refractivity contribution in [1.82, 2.24) is 15.5 Å². The summed E-state index contributed by atoms with van der Waals surface area (Å²) in [6, 6.07) is -0.333. The molecule has 17 heavy (non-hydrogen) atoms. The number of carbonyl (C=O) groups excluding carboxylic acids is 2. The zero-order valence-corrected chi connectivity index (χ0v) is 10.9. The van der Waals surface area contributed by atoms with Gasteiger partial charge < -0.3 is 15.5 Å². The van der Waals surface area contributed by atoms with Gasteiger partial charge in [0.25, 0.3) is 0 Å². The van der Waals surface area contributed by atoms with E-state index in [0.717, 1.165) is 37.4 Å². The number of amides is 3. The lowest BCUT2D eigenvalue weighted by atomic mass is 10.3. The molecule has 6 heteroatoms. The highest BCUT2D eigenvalue weighted by Crippen LogP contribution is 2.18. The molecule has 1 saturated carbocycles. The molecule has 1 aliphatic heterocycles. The second-order valence-corrected chi connectivity index (χ2v) is 5.78. The van der Waals surface area contributed by atoms with Gasteiger partial charge in [-0.1, -0.05) is 0 Å². The molecular weight excluding hydrogens is 238 g/mol. The molecule has 0 bridgehead atoms. The van der Waals surface area contributed by atoms with Gasteiger partial charge in [0.1, 0.15) is 6.04 Å². The Bertz CT molecular complexity index is 301. The third-order valence-corrected chi connectivity index (χ3v) is 3.90. The fraction of sp³-hybridized carbons (Fsp3) is 0.818. The van der Waals surface area contributed by atoms with Crippen molar-refractivity contribution < 1.29 is 9.59 Å². The van der Waals surface area contributed by atoms with Gasteiger partial charge >= 0.3 is 6.03 Å². The molecule has 96 valence electrons. The summed E-state index contributed by atoms with van der Waals surface area (Å²) in [6.07, 6.45) is 2.11. The first-order valence-corrected chi connectivity index (χ1v) is 7.26. The summed E-state index contributed by atoms with van der Waals surface area (Å²) in [6.45, 7) is 3.33. The number of carbonyl (C=O) groups is 2. The second kappa shape index (κ2) is 5.62. The van der Waals surface area contributed by atoms with Gasteiger partial charge in [0.2, 0.25) is 5.91 Å². The van der Waals surface area contributed by atoms with E-state index >= 15 is 0 Å². The lowest BCUT2D eigenvalue weighted by Crippen LogP contribution is -2.51. The number of thioether (sulfide) groups is 1. The molecule has 1 aliphatic carbocycles. The van der Waals surface area contributed by atoms with Gasteiger partial charge in [0.15, 0.2) is 0 Å². The normalized spacial score (nSPS) is 21.8. The Morgan fingerprint density at radius 1 is 1.29 bits per heavy atom. The summed E-state index contributed by atoms with van der Waals surface area (Å²) in [7, 11) is 0. The zero-order valence-electron chi connectivity index (χ0n) is 10.1. The lowest BCUT2D eigenvalue weighted by Gasteiger charge is -2.29. The molecule has 5 nitrogen and oxygen atoms in total. The molecule has 0 aromatic heterocycles. The predicted molar refractivity (Wildman–Crippen MR) is 68.1 cm³/mol. The SMILES string of the molecule is C[C@H](NC(=O)NC1CC1)C(=O)N1CCSCC1. The first-order valence-electron chi connectivity index (χ1n) is 6.10. The number of urea groups is 1. The van der Waals surface area contributed by atoms with Crippen molar-refractivity contribution in [2.24, 2.45) is 0 Å². The van der Waals surface area contributed by atoms with Gasteiger partial charge in [0, 0.05) is 30.6 Å². The van der Waals surface area contributed by atoms with Crippen LogP contribution < -0.4 is 10.6 Å². The Hall–Kier alpha value is -0.910. The predicted octanol–water partition coefficient (Wildman–Crippen LogP) is 0.412. The van der Waals surface area contributed by atoms with Crippen molar-refractivity contribution >= 4 is 23.7 Å². The monoisotopic (exact) mass is 257 g/mol. The van der Waals surface area contributed by atoms with Crippen LogP contribution >= 0.6 is 11.8 Å². The van der Waals surface area contributed by atoms with E-state index in [4.69, 9.17) is 0 Å². The lowest BCUT2D eigenvalue weighted by molar-refractivity contribution is -0.132. The van der Waals surface area contributed by atoms with E-state index < -0.39 is 6.04 Å². The van der Waals surface area contributed by atoms with Crippen LogP contribution in [0.3, 0.4) is 0 Å². The topological polar surface area (TPSA) is 61.4 Å². The van der Waals surface area contributed by atoms with Gasteiger partial charge in [-0.15, -0.1) is 0 Å². The van der Waals surface area contributed by atoms with E-state index in [1.165, 1.54) is 0 Å². The molecule has 2 fully saturated rings. The molecule has 0 radical (unpaired) electrons. The first kappa shape index (κ1) is 12.5. The standard InChI is InChI=1S/C11H19N3O2S/c1-8(12-11(16)13-9-2-3-9)10(15)14-4-6-17-7-5-14/h8-9H,2-7H2,1H3,(H2,12,13,16)/t8-/m0/s1. The molecule has 0 unspecified atom stereocenters. The van der Waals surface area contributed by atoms with E-state index in [0.29, 0.717) is 6.04 Å². The van der Waals surface area contributed by atoms with Gasteiger partial charge in [-0.25, -0.2) is 4.79 Å². The minimum Gasteiger partial charge on any atom is -0.339 e. The van der Waals surface area contributed by atoms with Crippen LogP contribution in [0.2, 0.25) is 0 Å². The van der Waals surface area contributed by atoms with E-state index in [1.807, 2.05) is 16.7 Å². The maximum atomic E-state index is 12.0. The van der Waals surface area contributed by atoms with Crippen LogP contribution in [0.4, 0.5) is 4.79 Å². The molecule has 3 amide bonds. The summed E-state index contributed by atoms with van der Waals surface area (Å²) in [4.78, 5) is 25.3. The van der Waals surface area contributed by atoms with Crippen LogP contribution in [0.5, 0.6) is 0 Å². The van der Waals surface area contributed by atoms with Crippen LogP contribution in [0.1, 0.15) is 19.8 Å². The Morgan fingerprint density at radius 2 is 1.94 bits per heavy atom. The molecule has 1 atom stereocenters. The van der Waals surface area contributed by atoms with Crippen LogP contribution in [-0.4, -0.2) is 53.5 Å². The summed E-state index contributed by atoms with van der Waals surface area (Å²) >= 11 is 1.86. The third-order valence-electron chi connectivity index (χ3n) is 2.95. The largest absolute Gasteiger partial charge is 0.339 e. The summed E-state index contributed by atoms with van der Waals surface area (Å²) < 4.78 is 0. The van der Waals surface area contributed by atoms with Crippen molar-refractivity contribution in [3.05, 3.63) is 0 Å². The van der Waals surface area contributed by atoms with Crippen LogP contribution in [0, 0.1) is 0 Å². The number of hydrogen-bond donors (Lipinski definition) is 2. The van der Waals surface area contributed by atoms with Gasteiger partial charge in [0.05, 0.1) is 0 Å².